The van der Waals surface area contributed by atoms with Crippen molar-refractivity contribution in [1.82, 2.24) is 0 Å². The van der Waals surface area contributed by atoms with Gasteiger partial charge in [-0.25, -0.2) is 0 Å². The van der Waals surface area contributed by atoms with Crippen molar-refractivity contribution in [2.45, 2.75) is 33.6 Å². The Labute approximate surface area is 107 Å². The lowest BCUT2D eigenvalue weighted by atomic mass is 9.88. The Bertz CT molecular complexity index is 391. The molecule has 0 aliphatic heterocycles. The number of ketones is 1. The summed E-state index contributed by atoms with van der Waals surface area (Å²) >= 11 is 11.8. The molecule has 16 heavy (non-hydrogen) atoms. The lowest BCUT2D eigenvalue weighted by Crippen LogP contribution is -2.14. The first-order valence-electron chi connectivity index (χ1n) is 5.23. The van der Waals surface area contributed by atoms with Crippen molar-refractivity contribution in [3.05, 3.63) is 33.8 Å². The zero-order valence-electron chi connectivity index (χ0n) is 9.81. The molecule has 0 heterocycles. The third-order valence-electron chi connectivity index (χ3n) is 2.13. The van der Waals surface area contributed by atoms with Gasteiger partial charge in [-0.2, -0.15) is 0 Å². The lowest BCUT2D eigenvalue weighted by Gasteiger charge is -2.16. The predicted octanol–water partition coefficient (Wildman–Crippen LogP) is 4.54. The van der Waals surface area contributed by atoms with E-state index in [-0.39, 0.29) is 11.2 Å². The second-order valence-corrected chi connectivity index (χ2v) is 6.03. The molecule has 0 fully saturated rings. The van der Waals surface area contributed by atoms with Crippen LogP contribution < -0.4 is 0 Å². The minimum absolute atomic E-state index is 0.0238. The van der Waals surface area contributed by atoms with Gasteiger partial charge in [-0.15, -0.1) is 0 Å². The summed E-state index contributed by atoms with van der Waals surface area (Å²) in [4.78, 5) is 11.8. The van der Waals surface area contributed by atoms with E-state index in [4.69, 9.17) is 23.2 Å². The molecule has 1 aromatic carbocycles. The van der Waals surface area contributed by atoms with Crippen LogP contribution in [0.25, 0.3) is 0 Å². The fourth-order valence-corrected chi connectivity index (χ4v) is 2.01. The van der Waals surface area contributed by atoms with E-state index in [1.54, 1.807) is 12.1 Å². The summed E-state index contributed by atoms with van der Waals surface area (Å²) < 4.78 is 0. The first kappa shape index (κ1) is 13.5. The Hall–Kier alpha value is -0.530. The van der Waals surface area contributed by atoms with Gasteiger partial charge in [0.25, 0.3) is 0 Å². The number of rotatable bonds is 3. The van der Waals surface area contributed by atoms with Crippen LogP contribution in [-0.4, -0.2) is 5.78 Å². The van der Waals surface area contributed by atoms with Crippen LogP contribution in [0.15, 0.2) is 18.2 Å². The molecule has 0 saturated heterocycles. The maximum atomic E-state index is 11.8. The zero-order valence-corrected chi connectivity index (χ0v) is 11.3. The van der Waals surface area contributed by atoms with Crippen molar-refractivity contribution in [3.8, 4) is 0 Å². The van der Waals surface area contributed by atoms with Crippen LogP contribution >= 0.6 is 23.2 Å². The minimum Gasteiger partial charge on any atom is -0.299 e. The Kier molecular flexibility index (Phi) is 4.40. The highest BCUT2D eigenvalue weighted by molar-refractivity contribution is 6.35. The molecule has 0 amide bonds. The molecule has 0 bridgehead atoms. The highest BCUT2D eigenvalue weighted by Crippen LogP contribution is 2.24. The van der Waals surface area contributed by atoms with Gasteiger partial charge in [-0.05, 0) is 23.1 Å². The Morgan fingerprint density at radius 3 is 2.38 bits per heavy atom. The van der Waals surface area contributed by atoms with Crippen LogP contribution in [0.5, 0.6) is 0 Å². The van der Waals surface area contributed by atoms with Gasteiger partial charge in [0, 0.05) is 22.9 Å². The van der Waals surface area contributed by atoms with Crippen LogP contribution in [0.1, 0.15) is 32.8 Å². The van der Waals surface area contributed by atoms with Gasteiger partial charge in [-0.3, -0.25) is 4.79 Å². The van der Waals surface area contributed by atoms with E-state index in [2.05, 4.69) is 0 Å². The highest BCUT2D eigenvalue weighted by Gasteiger charge is 2.16. The molecule has 0 aliphatic rings. The molecule has 88 valence electrons. The number of carbonyl (C=O) groups is 1. The molecule has 0 N–H and O–H groups in total. The van der Waals surface area contributed by atoms with E-state index < -0.39 is 0 Å². The molecule has 0 atom stereocenters. The maximum Gasteiger partial charge on any atom is 0.137 e. The Morgan fingerprint density at radius 1 is 1.25 bits per heavy atom. The van der Waals surface area contributed by atoms with Crippen LogP contribution in [0.3, 0.4) is 0 Å². The molecule has 0 spiro atoms. The Morgan fingerprint density at radius 2 is 1.88 bits per heavy atom. The molecule has 1 aromatic rings. The van der Waals surface area contributed by atoms with Crippen LogP contribution in [0.4, 0.5) is 0 Å². The first-order chi connectivity index (χ1) is 7.28. The van der Waals surface area contributed by atoms with E-state index in [0.717, 1.165) is 5.56 Å². The summed E-state index contributed by atoms with van der Waals surface area (Å²) in [5, 5.41) is 1.16. The number of hydrogen-bond donors (Lipinski definition) is 0. The van der Waals surface area contributed by atoms with Gasteiger partial charge in [-0.1, -0.05) is 50.0 Å². The largest absolute Gasteiger partial charge is 0.299 e. The molecule has 0 aliphatic carbocycles. The normalized spacial score (nSPS) is 11.6. The summed E-state index contributed by atoms with van der Waals surface area (Å²) in [7, 11) is 0. The summed E-state index contributed by atoms with van der Waals surface area (Å²) in [6.45, 7) is 6.15. The van der Waals surface area contributed by atoms with Crippen LogP contribution in [0.2, 0.25) is 10.0 Å². The van der Waals surface area contributed by atoms with E-state index in [1.165, 1.54) is 0 Å². The van der Waals surface area contributed by atoms with Crippen molar-refractivity contribution in [3.63, 3.8) is 0 Å². The maximum absolute atomic E-state index is 11.8. The van der Waals surface area contributed by atoms with Gasteiger partial charge in [0.2, 0.25) is 0 Å². The second kappa shape index (κ2) is 5.20. The number of Topliss-reactive ketones (excluding diaryl/α,β-unsaturated/α-hetero) is 1. The van der Waals surface area contributed by atoms with Crippen LogP contribution in [0, 0.1) is 5.41 Å². The molecular formula is C13H16Cl2O. The van der Waals surface area contributed by atoms with E-state index in [1.807, 2.05) is 26.8 Å². The van der Waals surface area contributed by atoms with Gasteiger partial charge in [0.1, 0.15) is 5.78 Å². The summed E-state index contributed by atoms with van der Waals surface area (Å²) in [5.74, 6) is 0.205. The second-order valence-electron chi connectivity index (χ2n) is 5.19. The monoisotopic (exact) mass is 258 g/mol. The van der Waals surface area contributed by atoms with Gasteiger partial charge in [0.05, 0.1) is 0 Å². The third-order valence-corrected chi connectivity index (χ3v) is 2.72. The predicted molar refractivity (Wildman–Crippen MR) is 69.2 cm³/mol. The number of hydrogen-bond acceptors (Lipinski definition) is 1. The quantitative estimate of drug-likeness (QED) is 0.778. The molecule has 3 heteroatoms. The number of benzene rings is 1. The number of halogens is 2. The van der Waals surface area contributed by atoms with E-state index >= 15 is 0 Å². The van der Waals surface area contributed by atoms with E-state index in [9.17, 15) is 4.79 Å². The number of carbonyl (C=O) groups excluding carboxylic acids is 1. The van der Waals surface area contributed by atoms with Crippen LogP contribution in [-0.2, 0) is 11.2 Å². The fourth-order valence-electron chi connectivity index (χ4n) is 1.53. The van der Waals surface area contributed by atoms with E-state index in [0.29, 0.717) is 22.9 Å². The van der Waals surface area contributed by atoms with Crippen molar-refractivity contribution >= 4 is 29.0 Å². The molecular weight excluding hydrogens is 243 g/mol. The van der Waals surface area contributed by atoms with Gasteiger partial charge < -0.3 is 0 Å². The van der Waals surface area contributed by atoms with Crippen molar-refractivity contribution in [2.75, 3.05) is 0 Å². The average Bonchev–Trinajstić information content (AvgIpc) is 2.06. The highest BCUT2D eigenvalue weighted by atomic mass is 35.5. The van der Waals surface area contributed by atoms with Crippen molar-refractivity contribution in [1.29, 1.82) is 0 Å². The van der Waals surface area contributed by atoms with Crippen molar-refractivity contribution in [2.24, 2.45) is 5.41 Å². The first-order valence-corrected chi connectivity index (χ1v) is 5.99. The molecule has 1 rings (SSSR count). The van der Waals surface area contributed by atoms with Gasteiger partial charge in [0.15, 0.2) is 0 Å². The fraction of sp³-hybridized carbons (Fsp3) is 0.462. The van der Waals surface area contributed by atoms with Gasteiger partial charge >= 0.3 is 0 Å². The Balaban J connectivity index is 2.70. The SMILES string of the molecule is CC(C)(C)CC(=O)Cc1ccc(Cl)cc1Cl. The standard InChI is InChI=1S/C13H16Cl2O/c1-13(2,3)8-11(16)6-9-4-5-10(14)7-12(9)15/h4-5,7H,6,8H2,1-3H3. The van der Waals surface area contributed by atoms with Crippen molar-refractivity contribution < 1.29 is 4.79 Å². The third kappa shape index (κ3) is 4.54. The zero-order chi connectivity index (χ0) is 12.3. The summed E-state index contributed by atoms with van der Waals surface area (Å²) in [5.41, 5.74) is 0.871. The molecule has 1 nitrogen and oxygen atoms in total. The minimum atomic E-state index is 0.0238. The molecule has 0 saturated carbocycles. The topological polar surface area (TPSA) is 17.1 Å². The average molecular weight is 259 g/mol. The molecule has 0 aromatic heterocycles. The lowest BCUT2D eigenvalue weighted by molar-refractivity contribution is -0.120. The smallest absolute Gasteiger partial charge is 0.137 e. The molecule has 0 unspecified atom stereocenters. The summed E-state index contributed by atoms with van der Waals surface area (Å²) in [6.07, 6.45) is 0.944. The summed E-state index contributed by atoms with van der Waals surface area (Å²) in [6, 6.07) is 5.24. The molecule has 0 radical (unpaired) electrons.